The number of aromatic amines is 1. The van der Waals surface area contributed by atoms with Gasteiger partial charge in [0.05, 0.1) is 25.0 Å². The standard InChI is InChI=1S/C19H23N5O2/c1-4-5-15-10-18(23-22-15)19(25)21-13(2)14-11-20-24(12-14)16-6-8-17(26-3)9-7-16/h6-13H,4-5H2,1-3H3,(H,21,25)(H,22,23). The maximum Gasteiger partial charge on any atom is 0.272 e. The summed E-state index contributed by atoms with van der Waals surface area (Å²) in [6.07, 6.45) is 5.54. The normalized spacial score (nSPS) is 12.0. The zero-order chi connectivity index (χ0) is 18.5. The summed E-state index contributed by atoms with van der Waals surface area (Å²) in [4.78, 5) is 12.4. The van der Waals surface area contributed by atoms with Crippen LogP contribution >= 0.6 is 0 Å². The summed E-state index contributed by atoms with van der Waals surface area (Å²) in [5.74, 6) is 0.594. The van der Waals surface area contributed by atoms with Crippen LogP contribution in [0.1, 0.15) is 48.1 Å². The Hall–Kier alpha value is -3.09. The van der Waals surface area contributed by atoms with Crippen molar-refractivity contribution in [1.29, 1.82) is 0 Å². The van der Waals surface area contributed by atoms with Crippen LogP contribution in [0.5, 0.6) is 5.75 Å². The molecule has 1 aromatic carbocycles. The van der Waals surface area contributed by atoms with Crippen molar-refractivity contribution in [3.05, 3.63) is 59.7 Å². The number of aryl methyl sites for hydroxylation is 1. The largest absolute Gasteiger partial charge is 0.497 e. The second-order valence-corrected chi connectivity index (χ2v) is 6.14. The highest BCUT2D eigenvalue weighted by Crippen LogP contribution is 2.17. The molecular formula is C19H23N5O2. The first-order valence-corrected chi connectivity index (χ1v) is 8.65. The Labute approximate surface area is 152 Å². The van der Waals surface area contributed by atoms with Crippen LogP contribution in [0.15, 0.2) is 42.7 Å². The molecule has 0 radical (unpaired) electrons. The zero-order valence-corrected chi connectivity index (χ0v) is 15.2. The van der Waals surface area contributed by atoms with Gasteiger partial charge in [0.2, 0.25) is 0 Å². The molecule has 1 amide bonds. The average molecular weight is 353 g/mol. The van der Waals surface area contributed by atoms with E-state index in [1.807, 2.05) is 37.4 Å². The first-order valence-electron chi connectivity index (χ1n) is 8.65. The highest BCUT2D eigenvalue weighted by molar-refractivity contribution is 5.92. The Kier molecular flexibility index (Phi) is 5.36. The van der Waals surface area contributed by atoms with Crippen LogP contribution in [-0.4, -0.2) is 33.0 Å². The Morgan fingerprint density at radius 3 is 2.81 bits per heavy atom. The van der Waals surface area contributed by atoms with Gasteiger partial charge in [-0.3, -0.25) is 9.89 Å². The SMILES string of the molecule is CCCc1cc(C(=O)NC(C)c2cnn(-c3ccc(OC)cc3)c2)n[nH]1. The molecule has 1 unspecified atom stereocenters. The van der Waals surface area contributed by atoms with Crippen molar-refractivity contribution in [2.24, 2.45) is 0 Å². The number of methoxy groups -OCH3 is 1. The van der Waals surface area contributed by atoms with E-state index in [0.717, 1.165) is 35.5 Å². The second kappa shape index (κ2) is 7.86. The van der Waals surface area contributed by atoms with Crippen LogP contribution < -0.4 is 10.1 Å². The lowest BCUT2D eigenvalue weighted by Gasteiger charge is -2.10. The Morgan fingerprint density at radius 1 is 1.35 bits per heavy atom. The van der Waals surface area contributed by atoms with Gasteiger partial charge in [0.1, 0.15) is 11.4 Å². The number of rotatable bonds is 7. The first-order chi connectivity index (χ1) is 12.6. The van der Waals surface area contributed by atoms with E-state index < -0.39 is 0 Å². The molecule has 3 rings (SSSR count). The number of benzene rings is 1. The van der Waals surface area contributed by atoms with Crippen molar-refractivity contribution in [3.8, 4) is 11.4 Å². The lowest BCUT2D eigenvalue weighted by atomic mass is 10.2. The van der Waals surface area contributed by atoms with Crippen LogP contribution in [0.2, 0.25) is 0 Å². The van der Waals surface area contributed by atoms with Gasteiger partial charge in [-0.15, -0.1) is 0 Å². The summed E-state index contributed by atoms with van der Waals surface area (Å²) in [6.45, 7) is 4.01. The molecule has 0 saturated heterocycles. The number of aromatic nitrogens is 4. The number of H-pyrrole nitrogens is 1. The number of amides is 1. The fourth-order valence-electron chi connectivity index (χ4n) is 2.67. The predicted octanol–water partition coefficient (Wildman–Crippen LogP) is 3.05. The molecule has 0 saturated carbocycles. The van der Waals surface area contributed by atoms with Crippen molar-refractivity contribution >= 4 is 5.91 Å². The minimum Gasteiger partial charge on any atom is -0.497 e. The summed E-state index contributed by atoms with van der Waals surface area (Å²) in [5, 5.41) is 14.3. The molecule has 0 spiro atoms. The van der Waals surface area contributed by atoms with Gasteiger partial charge in [0.15, 0.2) is 0 Å². The van der Waals surface area contributed by atoms with Gasteiger partial charge < -0.3 is 10.1 Å². The van der Waals surface area contributed by atoms with Crippen molar-refractivity contribution < 1.29 is 9.53 Å². The molecule has 0 aliphatic heterocycles. The number of ether oxygens (including phenoxy) is 1. The molecule has 0 bridgehead atoms. The number of carbonyl (C=O) groups is 1. The summed E-state index contributed by atoms with van der Waals surface area (Å²) in [7, 11) is 1.63. The van der Waals surface area contributed by atoms with E-state index in [9.17, 15) is 4.79 Å². The molecule has 2 heterocycles. The van der Waals surface area contributed by atoms with Crippen LogP contribution in [-0.2, 0) is 6.42 Å². The lowest BCUT2D eigenvalue weighted by molar-refractivity contribution is 0.0935. The van der Waals surface area contributed by atoms with E-state index in [4.69, 9.17) is 4.74 Å². The quantitative estimate of drug-likeness (QED) is 0.684. The molecule has 136 valence electrons. The fraction of sp³-hybridized carbons (Fsp3) is 0.316. The van der Waals surface area contributed by atoms with Gasteiger partial charge in [-0.25, -0.2) is 4.68 Å². The molecule has 1 atom stereocenters. The van der Waals surface area contributed by atoms with Gasteiger partial charge in [-0.1, -0.05) is 13.3 Å². The molecule has 0 fully saturated rings. The number of hydrogen-bond acceptors (Lipinski definition) is 4. The smallest absolute Gasteiger partial charge is 0.272 e. The van der Waals surface area contributed by atoms with Crippen molar-refractivity contribution in [2.45, 2.75) is 32.7 Å². The van der Waals surface area contributed by atoms with Crippen molar-refractivity contribution in [1.82, 2.24) is 25.3 Å². The second-order valence-electron chi connectivity index (χ2n) is 6.14. The van der Waals surface area contributed by atoms with Gasteiger partial charge in [-0.2, -0.15) is 10.2 Å². The van der Waals surface area contributed by atoms with Crippen molar-refractivity contribution in [2.75, 3.05) is 7.11 Å². The molecule has 2 N–H and O–H groups in total. The fourth-order valence-corrected chi connectivity index (χ4v) is 2.67. The highest BCUT2D eigenvalue weighted by atomic mass is 16.5. The van der Waals surface area contributed by atoms with Gasteiger partial charge in [-0.05, 0) is 43.7 Å². The third-order valence-corrected chi connectivity index (χ3v) is 4.17. The number of nitrogens with zero attached hydrogens (tertiary/aromatic N) is 3. The van der Waals surface area contributed by atoms with Gasteiger partial charge in [0.25, 0.3) is 5.91 Å². The number of hydrogen-bond donors (Lipinski definition) is 2. The molecule has 0 aliphatic carbocycles. The van der Waals surface area contributed by atoms with Gasteiger partial charge in [0, 0.05) is 17.5 Å². The molecule has 2 aromatic heterocycles. The average Bonchev–Trinajstić information content (AvgIpc) is 3.32. The minimum absolute atomic E-state index is 0.180. The van der Waals surface area contributed by atoms with Crippen LogP contribution in [0.3, 0.4) is 0 Å². The number of carbonyl (C=O) groups excluding carboxylic acids is 1. The maximum absolute atomic E-state index is 12.4. The maximum atomic E-state index is 12.4. The lowest BCUT2D eigenvalue weighted by Crippen LogP contribution is -2.26. The van der Waals surface area contributed by atoms with E-state index in [1.165, 1.54) is 0 Å². The van der Waals surface area contributed by atoms with Crippen LogP contribution in [0.25, 0.3) is 5.69 Å². The summed E-state index contributed by atoms with van der Waals surface area (Å²) in [6, 6.07) is 9.24. The third kappa shape index (κ3) is 3.93. The summed E-state index contributed by atoms with van der Waals surface area (Å²) < 4.78 is 6.93. The molecule has 26 heavy (non-hydrogen) atoms. The molecule has 7 nitrogen and oxygen atoms in total. The van der Waals surface area contributed by atoms with E-state index in [-0.39, 0.29) is 11.9 Å². The molecular weight excluding hydrogens is 330 g/mol. The summed E-state index contributed by atoms with van der Waals surface area (Å²) in [5.41, 5.74) is 3.21. The predicted molar refractivity (Wildman–Crippen MR) is 98.6 cm³/mol. The molecule has 7 heteroatoms. The third-order valence-electron chi connectivity index (χ3n) is 4.17. The van der Waals surface area contributed by atoms with E-state index in [2.05, 4.69) is 27.5 Å². The molecule has 3 aromatic rings. The van der Waals surface area contributed by atoms with Crippen LogP contribution in [0, 0.1) is 0 Å². The summed E-state index contributed by atoms with van der Waals surface area (Å²) >= 11 is 0. The van der Waals surface area contributed by atoms with E-state index >= 15 is 0 Å². The van der Waals surface area contributed by atoms with E-state index in [1.54, 1.807) is 24.1 Å². The Morgan fingerprint density at radius 2 is 2.12 bits per heavy atom. The van der Waals surface area contributed by atoms with E-state index in [0.29, 0.717) is 5.69 Å². The minimum atomic E-state index is -0.201. The van der Waals surface area contributed by atoms with Crippen molar-refractivity contribution in [3.63, 3.8) is 0 Å². The molecule has 0 aliphatic rings. The highest BCUT2D eigenvalue weighted by Gasteiger charge is 2.16. The Bertz CT molecular complexity index is 866. The topological polar surface area (TPSA) is 84.8 Å². The zero-order valence-electron chi connectivity index (χ0n) is 15.2. The number of nitrogens with one attached hydrogen (secondary N) is 2. The first kappa shape index (κ1) is 17.7. The van der Waals surface area contributed by atoms with Crippen LogP contribution in [0.4, 0.5) is 0 Å². The Balaban J connectivity index is 1.66. The monoisotopic (exact) mass is 353 g/mol. The van der Waals surface area contributed by atoms with Gasteiger partial charge >= 0.3 is 0 Å².